The van der Waals surface area contributed by atoms with Gasteiger partial charge in [0.15, 0.2) is 5.78 Å². The van der Waals surface area contributed by atoms with E-state index in [0.717, 1.165) is 0 Å². The van der Waals surface area contributed by atoms with Crippen molar-refractivity contribution in [2.45, 2.75) is 20.3 Å². The summed E-state index contributed by atoms with van der Waals surface area (Å²) in [6.07, 6.45) is 2.66. The lowest BCUT2D eigenvalue weighted by molar-refractivity contribution is -0.129. The van der Waals surface area contributed by atoms with Gasteiger partial charge in [-0.3, -0.25) is 9.59 Å². The van der Waals surface area contributed by atoms with Crippen LogP contribution in [0.25, 0.3) is 0 Å². The van der Waals surface area contributed by atoms with Gasteiger partial charge in [0.2, 0.25) is 5.91 Å². The normalized spacial score (nSPS) is 9.88. The van der Waals surface area contributed by atoms with Gasteiger partial charge in [0.05, 0.1) is 6.42 Å². The molecule has 1 rings (SSSR count). The molecule has 0 bridgehead atoms. The molecule has 5 heteroatoms. The van der Waals surface area contributed by atoms with Crippen molar-refractivity contribution in [2.24, 2.45) is 0 Å². The molecule has 0 radical (unpaired) electrons. The maximum atomic E-state index is 11.7. The lowest BCUT2D eigenvalue weighted by atomic mass is 10.2. The van der Waals surface area contributed by atoms with Crippen molar-refractivity contribution in [1.29, 1.82) is 0 Å². The first kappa shape index (κ1) is 12.3. The summed E-state index contributed by atoms with van der Waals surface area (Å²) in [5.41, 5.74) is 0.288. The van der Waals surface area contributed by atoms with E-state index in [-0.39, 0.29) is 23.8 Å². The Labute approximate surface area is 94.5 Å². The van der Waals surface area contributed by atoms with E-state index in [0.29, 0.717) is 13.1 Å². The van der Waals surface area contributed by atoms with E-state index in [1.54, 1.807) is 4.90 Å². The Morgan fingerprint density at radius 2 is 2.00 bits per heavy atom. The SMILES string of the molecule is CCN(CC)C(=O)CC(=O)c1ccncn1. The minimum absolute atomic E-state index is 0.126. The molecule has 0 saturated heterocycles. The fourth-order valence-electron chi connectivity index (χ4n) is 1.37. The second kappa shape index (κ2) is 5.95. The molecule has 0 aliphatic carbocycles. The largest absolute Gasteiger partial charge is 0.343 e. The maximum absolute atomic E-state index is 11.7. The van der Waals surface area contributed by atoms with Crippen LogP contribution in [0.4, 0.5) is 0 Å². The number of aromatic nitrogens is 2. The Kier molecular flexibility index (Phi) is 4.57. The molecule has 0 saturated carbocycles. The molecule has 1 aromatic rings. The summed E-state index contributed by atoms with van der Waals surface area (Å²) in [6.45, 7) is 5.01. The first-order valence-corrected chi connectivity index (χ1v) is 5.26. The summed E-state index contributed by atoms with van der Waals surface area (Å²) in [6, 6.07) is 1.51. The molecule has 5 nitrogen and oxygen atoms in total. The second-order valence-corrected chi connectivity index (χ2v) is 3.26. The third-order valence-corrected chi connectivity index (χ3v) is 2.30. The number of carbonyl (C=O) groups excluding carboxylic acids is 2. The Morgan fingerprint density at radius 3 is 2.50 bits per heavy atom. The van der Waals surface area contributed by atoms with Crippen LogP contribution in [-0.2, 0) is 4.79 Å². The lowest BCUT2D eigenvalue weighted by Crippen LogP contribution is -2.32. The van der Waals surface area contributed by atoms with E-state index < -0.39 is 0 Å². The molecule has 0 aliphatic rings. The predicted molar refractivity (Wildman–Crippen MR) is 58.9 cm³/mol. The lowest BCUT2D eigenvalue weighted by Gasteiger charge is -2.17. The summed E-state index contributed by atoms with van der Waals surface area (Å²) in [4.78, 5) is 32.5. The fourth-order valence-corrected chi connectivity index (χ4v) is 1.37. The number of rotatable bonds is 5. The van der Waals surface area contributed by atoms with Crippen molar-refractivity contribution in [1.82, 2.24) is 14.9 Å². The van der Waals surface area contributed by atoms with Crippen LogP contribution in [0.3, 0.4) is 0 Å². The Morgan fingerprint density at radius 1 is 1.31 bits per heavy atom. The number of carbonyl (C=O) groups is 2. The highest BCUT2D eigenvalue weighted by molar-refractivity contribution is 6.06. The fraction of sp³-hybridized carbons (Fsp3) is 0.455. The van der Waals surface area contributed by atoms with Crippen LogP contribution in [0.5, 0.6) is 0 Å². The van der Waals surface area contributed by atoms with Crippen LogP contribution in [-0.4, -0.2) is 39.6 Å². The first-order valence-electron chi connectivity index (χ1n) is 5.26. The molecule has 16 heavy (non-hydrogen) atoms. The highest BCUT2D eigenvalue weighted by Crippen LogP contribution is 2.01. The van der Waals surface area contributed by atoms with E-state index in [1.807, 2.05) is 13.8 Å². The van der Waals surface area contributed by atoms with Gasteiger partial charge in [-0.05, 0) is 19.9 Å². The average Bonchev–Trinajstić information content (AvgIpc) is 2.31. The van der Waals surface area contributed by atoms with E-state index in [4.69, 9.17) is 0 Å². The Hall–Kier alpha value is -1.78. The van der Waals surface area contributed by atoms with Gasteiger partial charge in [-0.2, -0.15) is 0 Å². The molecule has 0 spiro atoms. The van der Waals surface area contributed by atoms with Crippen molar-refractivity contribution in [3.63, 3.8) is 0 Å². The van der Waals surface area contributed by atoms with Crippen LogP contribution in [0.1, 0.15) is 30.8 Å². The molecule has 0 fully saturated rings. The van der Waals surface area contributed by atoms with Gasteiger partial charge in [-0.15, -0.1) is 0 Å². The van der Waals surface area contributed by atoms with Gasteiger partial charge in [-0.1, -0.05) is 0 Å². The monoisotopic (exact) mass is 221 g/mol. The van der Waals surface area contributed by atoms with Crippen LogP contribution in [0, 0.1) is 0 Å². The van der Waals surface area contributed by atoms with Crippen LogP contribution in [0.2, 0.25) is 0 Å². The maximum Gasteiger partial charge on any atom is 0.230 e. The van der Waals surface area contributed by atoms with E-state index in [1.165, 1.54) is 18.6 Å². The minimum Gasteiger partial charge on any atom is -0.343 e. The molecule has 0 unspecified atom stereocenters. The van der Waals surface area contributed by atoms with Gasteiger partial charge >= 0.3 is 0 Å². The number of ketones is 1. The van der Waals surface area contributed by atoms with Gasteiger partial charge in [0.25, 0.3) is 0 Å². The van der Waals surface area contributed by atoms with Crippen molar-refractivity contribution < 1.29 is 9.59 Å². The molecule has 1 amide bonds. The van der Waals surface area contributed by atoms with E-state index in [2.05, 4.69) is 9.97 Å². The van der Waals surface area contributed by atoms with Crippen molar-refractivity contribution in [3.05, 3.63) is 24.3 Å². The Bertz CT molecular complexity index is 361. The summed E-state index contributed by atoms with van der Waals surface area (Å²) in [5.74, 6) is -0.423. The van der Waals surface area contributed by atoms with Crippen molar-refractivity contribution in [3.8, 4) is 0 Å². The zero-order valence-corrected chi connectivity index (χ0v) is 9.51. The Balaban J connectivity index is 2.62. The van der Waals surface area contributed by atoms with E-state index >= 15 is 0 Å². The number of amides is 1. The third-order valence-electron chi connectivity index (χ3n) is 2.30. The van der Waals surface area contributed by atoms with E-state index in [9.17, 15) is 9.59 Å². The number of hydrogen-bond acceptors (Lipinski definition) is 4. The average molecular weight is 221 g/mol. The number of Topliss-reactive ketones (excluding diaryl/α,β-unsaturated/α-hetero) is 1. The summed E-state index contributed by atoms with van der Waals surface area (Å²) in [7, 11) is 0. The third kappa shape index (κ3) is 3.12. The molecular formula is C11H15N3O2. The molecule has 1 aromatic heterocycles. The topological polar surface area (TPSA) is 63.2 Å². The van der Waals surface area contributed by atoms with Crippen LogP contribution in [0.15, 0.2) is 18.6 Å². The zero-order chi connectivity index (χ0) is 12.0. The van der Waals surface area contributed by atoms with Crippen molar-refractivity contribution in [2.75, 3.05) is 13.1 Å². The highest BCUT2D eigenvalue weighted by Gasteiger charge is 2.16. The minimum atomic E-state index is -0.265. The molecule has 0 atom stereocenters. The standard InChI is InChI=1S/C11H15N3O2/c1-3-14(4-2)11(16)7-10(15)9-5-6-12-8-13-9/h5-6,8H,3-4,7H2,1-2H3. The van der Waals surface area contributed by atoms with Crippen LogP contribution < -0.4 is 0 Å². The van der Waals surface area contributed by atoms with Gasteiger partial charge in [0, 0.05) is 19.3 Å². The number of nitrogens with zero attached hydrogens (tertiary/aromatic N) is 3. The summed E-state index contributed by atoms with van der Waals surface area (Å²) >= 11 is 0. The van der Waals surface area contributed by atoms with Gasteiger partial charge < -0.3 is 4.90 Å². The molecule has 0 aromatic carbocycles. The van der Waals surface area contributed by atoms with Gasteiger partial charge in [0.1, 0.15) is 12.0 Å². The molecule has 1 heterocycles. The summed E-state index contributed by atoms with van der Waals surface area (Å²) < 4.78 is 0. The number of hydrogen-bond donors (Lipinski definition) is 0. The predicted octanol–water partition coefficient (Wildman–Crippen LogP) is 0.918. The first-order chi connectivity index (χ1) is 7.69. The quantitative estimate of drug-likeness (QED) is 0.548. The van der Waals surface area contributed by atoms with Crippen molar-refractivity contribution >= 4 is 11.7 Å². The summed E-state index contributed by atoms with van der Waals surface area (Å²) in [5, 5.41) is 0. The molecule has 0 N–H and O–H groups in total. The zero-order valence-electron chi connectivity index (χ0n) is 9.51. The molecular weight excluding hydrogens is 206 g/mol. The highest BCUT2D eigenvalue weighted by atomic mass is 16.2. The smallest absolute Gasteiger partial charge is 0.230 e. The molecule has 86 valence electrons. The second-order valence-electron chi connectivity index (χ2n) is 3.26. The van der Waals surface area contributed by atoms with Gasteiger partial charge in [-0.25, -0.2) is 9.97 Å². The van der Waals surface area contributed by atoms with Crippen LogP contribution >= 0.6 is 0 Å². The molecule has 0 aliphatic heterocycles.